The van der Waals surface area contributed by atoms with Crippen LogP contribution in [0.1, 0.15) is 27.6 Å². The lowest BCUT2D eigenvalue weighted by Gasteiger charge is -2.14. The number of carbonyl (C=O) groups excluding carboxylic acids is 1. The van der Waals surface area contributed by atoms with Crippen LogP contribution in [0.15, 0.2) is 53.4 Å². The van der Waals surface area contributed by atoms with Crippen molar-refractivity contribution >= 4 is 15.9 Å². The van der Waals surface area contributed by atoms with E-state index in [1.54, 1.807) is 0 Å². The Balaban J connectivity index is 2.01. The molecular weight excluding hydrogens is 328 g/mol. The summed E-state index contributed by atoms with van der Waals surface area (Å²) in [4.78, 5) is 12.2. The molecule has 0 heterocycles. The molecule has 0 saturated heterocycles. The predicted molar refractivity (Wildman–Crippen MR) is 91.2 cm³/mol. The van der Waals surface area contributed by atoms with E-state index in [1.807, 2.05) is 31.2 Å². The number of carbonyl (C=O) groups is 1. The third-order valence-corrected chi connectivity index (χ3v) is 5.13. The molecule has 0 radical (unpaired) electrons. The van der Waals surface area contributed by atoms with Gasteiger partial charge in [-0.3, -0.25) is 4.79 Å². The number of aliphatic hydroxyl groups excluding tert-OH is 1. The van der Waals surface area contributed by atoms with Crippen LogP contribution in [0.4, 0.5) is 0 Å². The number of amides is 1. The second-order valence-electron chi connectivity index (χ2n) is 5.31. The first-order chi connectivity index (χ1) is 11.3. The zero-order valence-electron chi connectivity index (χ0n) is 13.5. The second kappa shape index (κ2) is 7.57. The lowest BCUT2D eigenvalue weighted by Crippen LogP contribution is -2.28. The average molecular weight is 348 g/mol. The summed E-state index contributed by atoms with van der Waals surface area (Å²) < 4.78 is 25.5. The predicted octanol–water partition coefficient (Wildman–Crippen LogP) is 1.37. The fourth-order valence-corrected chi connectivity index (χ4v) is 3.00. The molecule has 0 bridgehead atoms. The molecule has 2 aromatic carbocycles. The van der Waals surface area contributed by atoms with Gasteiger partial charge < -0.3 is 10.4 Å². The third kappa shape index (κ3) is 4.19. The van der Waals surface area contributed by atoms with Crippen LogP contribution in [0.25, 0.3) is 0 Å². The highest BCUT2D eigenvalue weighted by atomic mass is 32.2. The number of nitrogens with one attached hydrogen (secondary N) is 2. The molecule has 0 aliphatic carbocycles. The first-order valence-corrected chi connectivity index (χ1v) is 8.89. The van der Waals surface area contributed by atoms with Gasteiger partial charge in [0.1, 0.15) is 0 Å². The van der Waals surface area contributed by atoms with Crippen molar-refractivity contribution < 1.29 is 18.3 Å². The molecule has 1 atom stereocenters. The van der Waals surface area contributed by atoms with Crippen molar-refractivity contribution in [2.75, 3.05) is 13.6 Å². The van der Waals surface area contributed by atoms with E-state index in [0.29, 0.717) is 5.56 Å². The van der Waals surface area contributed by atoms with E-state index in [4.69, 9.17) is 0 Å². The van der Waals surface area contributed by atoms with Gasteiger partial charge in [0, 0.05) is 12.1 Å². The van der Waals surface area contributed by atoms with Crippen molar-refractivity contribution in [3.63, 3.8) is 0 Å². The fourth-order valence-electron chi connectivity index (χ4n) is 2.27. The molecule has 2 aromatic rings. The Morgan fingerprint density at radius 2 is 1.75 bits per heavy atom. The maximum Gasteiger partial charge on any atom is 0.251 e. The Kier molecular flexibility index (Phi) is 5.71. The first-order valence-electron chi connectivity index (χ1n) is 7.40. The summed E-state index contributed by atoms with van der Waals surface area (Å²) in [5.74, 6) is -0.379. The molecule has 0 saturated carbocycles. The van der Waals surface area contributed by atoms with Crippen LogP contribution >= 0.6 is 0 Å². The van der Waals surface area contributed by atoms with E-state index in [-0.39, 0.29) is 17.3 Å². The first kappa shape index (κ1) is 18.1. The van der Waals surface area contributed by atoms with Crippen LogP contribution in [-0.4, -0.2) is 33.0 Å². The standard InChI is InChI=1S/C17H20N2O4S/c1-12-5-3-4-6-15(12)16(20)11-19-17(21)13-7-9-14(10-8-13)24(22,23)18-2/h3-10,16,18,20H,11H2,1-2H3,(H,19,21)/t16-/m1/s1. The average Bonchev–Trinajstić information content (AvgIpc) is 2.60. The molecule has 3 N–H and O–H groups in total. The molecule has 0 spiro atoms. The lowest BCUT2D eigenvalue weighted by atomic mass is 10.0. The molecule has 2 rings (SSSR count). The van der Waals surface area contributed by atoms with Gasteiger partial charge in [0.2, 0.25) is 10.0 Å². The third-order valence-electron chi connectivity index (χ3n) is 3.70. The molecule has 128 valence electrons. The van der Waals surface area contributed by atoms with Gasteiger partial charge in [0.25, 0.3) is 5.91 Å². The molecule has 0 aliphatic rings. The van der Waals surface area contributed by atoms with E-state index in [1.165, 1.54) is 31.3 Å². The summed E-state index contributed by atoms with van der Waals surface area (Å²) in [7, 11) is -2.21. The lowest BCUT2D eigenvalue weighted by molar-refractivity contribution is 0.0916. The minimum atomic E-state index is -3.53. The van der Waals surface area contributed by atoms with E-state index in [9.17, 15) is 18.3 Å². The summed E-state index contributed by atoms with van der Waals surface area (Å²) in [6, 6.07) is 13.0. The Morgan fingerprint density at radius 1 is 1.12 bits per heavy atom. The molecule has 7 heteroatoms. The maximum absolute atomic E-state index is 12.1. The highest BCUT2D eigenvalue weighted by molar-refractivity contribution is 7.89. The van der Waals surface area contributed by atoms with Crippen molar-refractivity contribution in [2.45, 2.75) is 17.9 Å². The van der Waals surface area contributed by atoms with Crippen LogP contribution in [-0.2, 0) is 10.0 Å². The monoisotopic (exact) mass is 348 g/mol. The molecule has 0 aliphatic heterocycles. The number of aliphatic hydroxyl groups is 1. The highest BCUT2D eigenvalue weighted by Crippen LogP contribution is 2.16. The summed E-state index contributed by atoms with van der Waals surface area (Å²) >= 11 is 0. The molecule has 1 amide bonds. The van der Waals surface area contributed by atoms with Crippen molar-refractivity contribution in [1.82, 2.24) is 10.0 Å². The SMILES string of the molecule is CNS(=O)(=O)c1ccc(C(=O)NC[C@@H](O)c2ccccc2C)cc1. The zero-order chi connectivity index (χ0) is 17.7. The normalized spacial score (nSPS) is 12.6. The van der Waals surface area contributed by atoms with Crippen molar-refractivity contribution in [3.05, 3.63) is 65.2 Å². The number of hydrogen-bond donors (Lipinski definition) is 3. The summed E-state index contributed by atoms with van der Waals surface area (Å²) in [5, 5.41) is 12.8. The molecule has 0 unspecified atom stereocenters. The van der Waals surface area contributed by atoms with E-state index in [2.05, 4.69) is 10.0 Å². The van der Waals surface area contributed by atoms with Crippen LogP contribution < -0.4 is 10.0 Å². The second-order valence-corrected chi connectivity index (χ2v) is 7.20. The van der Waals surface area contributed by atoms with Crippen molar-refractivity contribution in [2.24, 2.45) is 0 Å². The van der Waals surface area contributed by atoms with Crippen LogP contribution in [0.2, 0.25) is 0 Å². The quantitative estimate of drug-likeness (QED) is 0.735. The summed E-state index contributed by atoms with van der Waals surface area (Å²) in [6.45, 7) is 1.96. The zero-order valence-corrected chi connectivity index (χ0v) is 14.3. The molecule has 0 aromatic heterocycles. The van der Waals surface area contributed by atoms with Gasteiger partial charge >= 0.3 is 0 Å². The molecular formula is C17H20N2O4S. The van der Waals surface area contributed by atoms with Gasteiger partial charge in [-0.15, -0.1) is 0 Å². The Morgan fingerprint density at radius 3 is 2.33 bits per heavy atom. The van der Waals surface area contributed by atoms with E-state index >= 15 is 0 Å². The number of aryl methyl sites for hydroxylation is 1. The van der Waals surface area contributed by atoms with Gasteiger partial charge in [0.05, 0.1) is 11.0 Å². The van der Waals surface area contributed by atoms with E-state index in [0.717, 1.165) is 11.1 Å². The van der Waals surface area contributed by atoms with Crippen molar-refractivity contribution in [1.29, 1.82) is 0 Å². The maximum atomic E-state index is 12.1. The largest absolute Gasteiger partial charge is 0.387 e. The number of benzene rings is 2. The number of sulfonamides is 1. The number of hydrogen-bond acceptors (Lipinski definition) is 4. The highest BCUT2D eigenvalue weighted by Gasteiger charge is 2.14. The fraction of sp³-hybridized carbons (Fsp3) is 0.235. The Bertz CT molecular complexity index is 817. The van der Waals surface area contributed by atoms with Crippen molar-refractivity contribution in [3.8, 4) is 0 Å². The van der Waals surface area contributed by atoms with Crippen LogP contribution in [0, 0.1) is 6.92 Å². The topological polar surface area (TPSA) is 95.5 Å². The van der Waals surface area contributed by atoms with Gasteiger partial charge in [-0.25, -0.2) is 13.1 Å². The van der Waals surface area contributed by atoms with Gasteiger partial charge in [-0.2, -0.15) is 0 Å². The molecule has 6 nitrogen and oxygen atoms in total. The van der Waals surface area contributed by atoms with Crippen LogP contribution in [0.5, 0.6) is 0 Å². The van der Waals surface area contributed by atoms with Crippen LogP contribution in [0.3, 0.4) is 0 Å². The van der Waals surface area contributed by atoms with Gasteiger partial charge in [-0.1, -0.05) is 24.3 Å². The van der Waals surface area contributed by atoms with Gasteiger partial charge in [-0.05, 0) is 49.4 Å². The number of rotatable bonds is 6. The molecule has 0 fully saturated rings. The molecule has 24 heavy (non-hydrogen) atoms. The smallest absolute Gasteiger partial charge is 0.251 e. The Labute approximate surface area is 141 Å². The minimum absolute atomic E-state index is 0.0697. The van der Waals surface area contributed by atoms with Gasteiger partial charge in [0.15, 0.2) is 0 Å². The Hall–Kier alpha value is -2.22. The minimum Gasteiger partial charge on any atom is -0.387 e. The van der Waals surface area contributed by atoms with E-state index < -0.39 is 16.1 Å². The summed E-state index contributed by atoms with van der Waals surface area (Å²) in [5.41, 5.74) is 2.02. The summed E-state index contributed by atoms with van der Waals surface area (Å²) in [6.07, 6.45) is -0.806.